The second-order valence-electron chi connectivity index (χ2n) is 2.40. The summed E-state index contributed by atoms with van der Waals surface area (Å²) in [6.07, 6.45) is 2.99. The second-order valence-corrected chi connectivity index (χ2v) is 3.25. The van der Waals surface area contributed by atoms with Crippen LogP contribution in [0.3, 0.4) is 0 Å². The highest BCUT2D eigenvalue weighted by Crippen LogP contribution is 2.13. The Morgan fingerprint density at radius 2 is 2.55 bits per heavy atom. The number of carbonyl (C=O) groups is 1. The molecule has 3 nitrogen and oxygen atoms in total. The van der Waals surface area contributed by atoms with Crippen LogP contribution in [0.25, 0.3) is 0 Å². The van der Waals surface area contributed by atoms with Crippen LogP contribution in [0.2, 0.25) is 0 Å². The SMILES string of the molecule is CC(=O)CCc1[nH]ncc1Br. The minimum atomic E-state index is 0.200. The molecule has 0 unspecified atom stereocenters. The quantitative estimate of drug-likeness (QED) is 0.837. The van der Waals surface area contributed by atoms with Crippen LogP contribution < -0.4 is 0 Å². The molecule has 0 aromatic carbocycles. The van der Waals surface area contributed by atoms with Crippen molar-refractivity contribution in [2.45, 2.75) is 19.8 Å². The predicted octanol–water partition coefficient (Wildman–Crippen LogP) is 1.69. The maximum atomic E-state index is 10.6. The molecule has 0 bridgehead atoms. The molecule has 1 aromatic rings. The number of aromatic nitrogens is 2. The number of carbonyl (C=O) groups excluding carboxylic acids is 1. The van der Waals surface area contributed by atoms with E-state index in [9.17, 15) is 4.79 Å². The lowest BCUT2D eigenvalue weighted by Crippen LogP contribution is -1.94. The molecular formula is C7H9BrN2O. The Morgan fingerprint density at radius 1 is 1.82 bits per heavy atom. The summed E-state index contributed by atoms with van der Waals surface area (Å²) in [5.41, 5.74) is 0.986. The number of Topliss-reactive ketones (excluding diaryl/α,β-unsaturated/α-hetero) is 1. The van der Waals surface area contributed by atoms with Crippen LogP contribution in [0.15, 0.2) is 10.7 Å². The van der Waals surface area contributed by atoms with Crippen molar-refractivity contribution in [1.29, 1.82) is 0 Å². The summed E-state index contributed by atoms with van der Waals surface area (Å²) >= 11 is 3.31. The van der Waals surface area contributed by atoms with Gasteiger partial charge in [0, 0.05) is 12.1 Å². The van der Waals surface area contributed by atoms with Gasteiger partial charge in [-0.25, -0.2) is 0 Å². The van der Waals surface area contributed by atoms with Gasteiger partial charge >= 0.3 is 0 Å². The highest BCUT2D eigenvalue weighted by molar-refractivity contribution is 9.10. The molecule has 0 saturated carbocycles. The molecule has 0 saturated heterocycles. The van der Waals surface area contributed by atoms with Crippen LogP contribution in [0.4, 0.5) is 0 Å². The lowest BCUT2D eigenvalue weighted by atomic mass is 10.2. The number of hydrogen-bond donors (Lipinski definition) is 1. The maximum Gasteiger partial charge on any atom is 0.130 e. The van der Waals surface area contributed by atoms with E-state index >= 15 is 0 Å². The zero-order valence-electron chi connectivity index (χ0n) is 6.22. The predicted molar refractivity (Wildman–Crippen MR) is 45.3 cm³/mol. The molecule has 0 aliphatic rings. The fourth-order valence-corrected chi connectivity index (χ4v) is 1.16. The minimum absolute atomic E-state index is 0.200. The fourth-order valence-electron chi connectivity index (χ4n) is 0.775. The van der Waals surface area contributed by atoms with Crippen LogP contribution in [-0.2, 0) is 11.2 Å². The van der Waals surface area contributed by atoms with E-state index in [0.717, 1.165) is 16.6 Å². The number of ketones is 1. The molecule has 0 aliphatic carbocycles. The van der Waals surface area contributed by atoms with Crippen molar-refractivity contribution < 1.29 is 4.79 Å². The van der Waals surface area contributed by atoms with Gasteiger partial charge in [-0.05, 0) is 29.3 Å². The van der Waals surface area contributed by atoms with Crippen molar-refractivity contribution >= 4 is 21.7 Å². The molecule has 0 fully saturated rings. The summed E-state index contributed by atoms with van der Waals surface area (Å²) < 4.78 is 0.943. The van der Waals surface area contributed by atoms with Gasteiger partial charge in [0.15, 0.2) is 0 Å². The van der Waals surface area contributed by atoms with Crippen LogP contribution >= 0.6 is 15.9 Å². The largest absolute Gasteiger partial charge is 0.300 e. The smallest absolute Gasteiger partial charge is 0.130 e. The Morgan fingerprint density at radius 3 is 3.00 bits per heavy atom. The molecule has 1 rings (SSSR count). The normalized spacial score (nSPS) is 10.0. The maximum absolute atomic E-state index is 10.6. The van der Waals surface area contributed by atoms with Gasteiger partial charge in [0.2, 0.25) is 0 Å². The number of H-pyrrole nitrogens is 1. The van der Waals surface area contributed by atoms with E-state index in [2.05, 4.69) is 26.1 Å². The summed E-state index contributed by atoms with van der Waals surface area (Å²) in [6.45, 7) is 1.59. The number of nitrogens with one attached hydrogen (secondary N) is 1. The van der Waals surface area contributed by atoms with Gasteiger partial charge in [0.25, 0.3) is 0 Å². The molecule has 11 heavy (non-hydrogen) atoms. The summed E-state index contributed by atoms with van der Waals surface area (Å²) in [5, 5.41) is 6.63. The highest BCUT2D eigenvalue weighted by atomic mass is 79.9. The average molecular weight is 217 g/mol. The van der Waals surface area contributed by atoms with Gasteiger partial charge in [-0.2, -0.15) is 5.10 Å². The van der Waals surface area contributed by atoms with Gasteiger partial charge in [0.1, 0.15) is 5.78 Å². The first-order valence-corrected chi connectivity index (χ1v) is 4.16. The van der Waals surface area contributed by atoms with E-state index < -0.39 is 0 Å². The third kappa shape index (κ3) is 2.46. The Hall–Kier alpha value is -0.640. The van der Waals surface area contributed by atoms with E-state index in [0.29, 0.717) is 6.42 Å². The molecule has 0 atom stereocenters. The van der Waals surface area contributed by atoms with Gasteiger partial charge < -0.3 is 4.79 Å². The second kappa shape index (κ2) is 3.67. The van der Waals surface area contributed by atoms with Crippen molar-refractivity contribution in [2.24, 2.45) is 0 Å². The monoisotopic (exact) mass is 216 g/mol. The average Bonchev–Trinajstić information content (AvgIpc) is 2.31. The van der Waals surface area contributed by atoms with E-state index in [1.807, 2.05) is 0 Å². The lowest BCUT2D eigenvalue weighted by molar-refractivity contribution is -0.116. The third-order valence-electron chi connectivity index (χ3n) is 1.39. The zero-order valence-corrected chi connectivity index (χ0v) is 7.81. The van der Waals surface area contributed by atoms with Gasteiger partial charge in [-0.1, -0.05) is 0 Å². The summed E-state index contributed by atoms with van der Waals surface area (Å²) in [4.78, 5) is 10.6. The van der Waals surface area contributed by atoms with Crippen molar-refractivity contribution in [3.05, 3.63) is 16.4 Å². The van der Waals surface area contributed by atoms with E-state index in [4.69, 9.17) is 0 Å². The first kappa shape index (κ1) is 8.46. The number of rotatable bonds is 3. The van der Waals surface area contributed by atoms with Crippen molar-refractivity contribution in [1.82, 2.24) is 10.2 Å². The summed E-state index contributed by atoms with van der Waals surface area (Å²) in [7, 11) is 0. The van der Waals surface area contributed by atoms with E-state index in [1.165, 1.54) is 0 Å². The number of aromatic amines is 1. The Balaban J connectivity index is 2.51. The third-order valence-corrected chi connectivity index (χ3v) is 2.08. The molecule has 0 radical (unpaired) electrons. The highest BCUT2D eigenvalue weighted by Gasteiger charge is 2.02. The first-order chi connectivity index (χ1) is 5.20. The number of aryl methyl sites for hydroxylation is 1. The molecule has 1 aromatic heterocycles. The van der Waals surface area contributed by atoms with Crippen LogP contribution in [0.1, 0.15) is 19.0 Å². The van der Waals surface area contributed by atoms with Gasteiger partial charge in [-0.3, -0.25) is 5.10 Å². The van der Waals surface area contributed by atoms with E-state index in [1.54, 1.807) is 13.1 Å². The topological polar surface area (TPSA) is 45.8 Å². The lowest BCUT2D eigenvalue weighted by Gasteiger charge is -1.93. The molecule has 0 amide bonds. The molecule has 4 heteroatoms. The Bertz CT molecular complexity index is 257. The van der Waals surface area contributed by atoms with E-state index in [-0.39, 0.29) is 5.78 Å². The Kier molecular flexibility index (Phi) is 2.82. The van der Waals surface area contributed by atoms with Crippen molar-refractivity contribution in [2.75, 3.05) is 0 Å². The molecule has 0 aliphatic heterocycles. The van der Waals surface area contributed by atoms with Crippen LogP contribution in [0.5, 0.6) is 0 Å². The minimum Gasteiger partial charge on any atom is -0.300 e. The first-order valence-electron chi connectivity index (χ1n) is 3.37. The number of halogens is 1. The van der Waals surface area contributed by atoms with Gasteiger partial charge in [-0.15, -0.1) is 0 Å². The van der Waals surface area contributed by atoms with Crippen LogP contribution in [0, 0.1) is 0 Å². The van der Waals surface area contributed by atoms with Crippen molar-refractivity contribution in [3.8, 4) is 0 Å². The van der Waals surface area contributed by atoms with Gasteiger partial charge in [0.05, 0.1) is 10.7 Å². The molecule has 1 heterocycles. The number of nitrogens with zero attached hydrogens (tertiary/aromatic N) is 1. The molecule has 1 N–H and O–H groups in total. The molecular weight excluding hydrogens is 208 g/mol. The van der Waals surface area contributed by atoms with Crippen molar-refractivity contribution in [3.63, 3.8) is 0 Å². The zero-order chi connectivity index (χ0) is 8.27. The fraction of sp³-hybridized carbons (Fsp3) is 0.429. The molecule has 0 spiro atoms. The standard InChI is InChI=1S/C7H9BrN2O/c1-5(11)2-3-7-6(8)4-9-10-7/h4H,2-3H2,1H3,(H,9,10). The summed E-state index contributed by atoms with van der Waals surface area (Å²) in [5.74, 6) is 0.200. The Labute approximate surface area is 73.3 Å². The number of hydrogen-bond acceptors (Lipinski definition) is 2. The van der Waals surface area contributed by atoms with Crippen LogP contribution in [-0.4, -0.2) is 16.0 Å². The summed E-state index contributed by atoms with van der Waals surface area (Å²) in [6, 6.07) is 0. The molecule has 60 valence electrons.